The average molecular weight is 682 g/mol. The third-order valence-corrected chi connectivity index (χ3v) is 8.42. The van der Waals surface area contributed by atoms with Crippen molar-refractivity contribution in [3.63, 3.8) is 0 Å². The molecule has 0 aliphatic heterocycles. The predicted molar refractivity (Wildman–Crippen MR) is 235 cm³/mol. The third-order valence-electron chi connectivity index (χ3n) is 8.42. The highest BCUT2D eigenvalue weighted by Crippen LogP contribution is 2.37. The molecule has 0 aliphatic carbocycles. The fourth-order valence-electron chi connectivity index (χ4n) is 5.92. The molecule has 51 heavy (non-hydrogen) atoms. The van der Waals surface area contributed by atoms with Crippen molar-refractivity contribution in [2.45, 2.75) is 107 Å². The van der Waals surface area contributed by atoms with Crippen molar-refractivity contribution < 1.29 is 0 Å². The molecule has 1 heteroatoms. The van der Waals surface area contributed by atoms with E-state index in [1.165, 1.54) is 81.0 Å². The van der Waals surface area contributed by atoms with Gasteiger partial charge in [0.25, 0.3) is 0 Å². The van der Waals surface area contributed by atoms with Crippen molar-refractivity contribution in [2.75, 3.05) is 0 Å². The highest BCUT2D eigenvalue weighted by molar-refractivity contribution is 6.10. The highest BCUT2D eigenvalue weighted by atomic mass is 15.0. The first-order valence-electron chi connectivity index (χ1n) is 19.0. The molecule has 0 aliphatic rings. The Morgan fingerprint density at radius 1 is 0.647 bits per heavy atom. The second kappa shape index (κ2) is 23.7. The van der Waals surface area contributed by atoms with Crippen LogP contribution in [0.4, 0.5) is 0 Å². The first kappa shape index (κ1) is 44.4. The molecular weight excluding hydrogens is 615 g/mol. The number of aromatic nitrogens is 1. The fraction of sp³-hybridized carbons (Fsp3) is 0.320. The molecule has 1 unspecified atom stereocenters. The molecule has 0 N–H and O–H groups in total. The maximum absolute atomic E-state index is 4.51. The Morgan fingerprint density at radius 2 is 1.18 bits per heavy atom. The van der Waals surface area contributed by atoms with Gasteiger partial charge in [0.1, 0.15) is 0 Å². The average Bonchev–Trinajstić information content (AvgIpc) is 3.48. The Labute approximate surface area is 312 Å². The number of hydrogen-bond donors (Lipinski definition) is 0. The van der Waals surface area contributed by atoms with Crippen LogP contribution in [-0.2, 0) is 6.42 Å². The Kier molecular flexibility index (Phi) is 20.7. The second-order valence-corrected chi connectivity index (χ2v) is 12.9. The molecule has 0 saturated heterocycles. The zero-order chi connectivity index (χ0) is 38.5. The van der Waals surface area contributed by atoms with Gasteiger partial charge < -0.3 is 4.57 Å². The van der Waals surface area contributed by atoms with Crippen LogP contribution in [0.15, 0.2) is 147 Å². The minimum Gasteiger partial charge on any atom is -0.309 e. The molecule has 5 rings (SSSR count). The SMILES string of the molecule is C=C.C=C(C)C.C=C(C)Cc1ccc(C(=C)c2ccc3c(c2)c2cc(C(C)C(=C)CCCCCC)ccc2n3-c2ccccc2)cc1.CC.CC. The summed E-state index contributed by atoms with van der Waals surface area (Å²) in [6, 6.07) is 33.2. The normalized spacial score (nSPS) is 10.5. The molecule has 5 aromatic rings. The van der Waals surface area contributed by atoms with E-state index >= 15 is 0 Å². The minimum atomic E-state index is 0.326. The number of nitrogens with zero attached hydrogens (tertiary/aromatic N) is 1. The van der Waals surface area contributed by atoms with Gasteiger partial charge in [0.05, 0.1) is 11.0 Å². The van der Waals surface area contributed by atoms with Gasteiger partial charge in [-0.25, -0.2) is 0 Å². The first-order chi connectivity index (χ1) is 24.6. The lowest BCUT2D eigenvalue weighted by molar-refractivity contribution is 0.648. The Balaban J connectivity index is 0.00000118. The largest absolute Gasteiger partial charge is 0.309 e. The standard InChI is InChI=1S/C40H43N.C4H8.2C2H6.C2H4/c1-7-8-9-11-14-29(4)30(5)34-21-23-39-37(26-34)38-27-35(22-24-40(38)41(39)36-15-12-10-13-16-36)31(6)33-19-17-32(18-20-33)25-28(2)3;1-4(2)3;3*1-2/h10,12-13,15-24,26-27,30H,2,4,6-9,11,14,25H2,1,3,5H3;1H2,2-3H3;2*1-2H3;1-2H2. The van der Waals surface area contributed by atoms with Crippen LogP contribution in [0.2, 0.25) is 0 Å². The van der Waals surface area contributed by atoms with Gasteiger partial charge in [-0.3, -0.25) is 0 Å². The molecular formula is C50H67N. The number of para-hydroxylation sites is 1. The highest BCUT2D eigenvalue weighted by Gasteiger charge is 2.17. The van der Waals surface area contributed by atoms with Gasteiger partial charge in [-0.2, -0.15) is 0 Å². The molecule has 1 atom stereocenters. The minimum absolute atomic E-state index is 0.326. The van der Waals surface area contributed by atoms with Crippen molar-refractivity contribution in [3.05, 3.63) is 169 Å². The van der Waals surface area contributed by atoms with E-state index in [-0.39, 0.29) is 0 Å². The van der Waals surface area contributed by atoms with Crippen molar-refractivity contribution in [1.82, 2.24) is 4.57 Å². The molecule has 0 amide bonds. The summed E-state index contributed by atoms with van der Waals surface area (Å²) in [5.74, 6) is 0.326. The fourth-order valence-corrected chi connectivity index (χ4v) is 5.92. The zero-order valence-electron chi connectivity index (χ0n) is 33.7. The van der Waals surface area contributed by atoms with Gasteiger partial charge in [0.15, 0.2) is 0 Å². The van der Waals surface area contributed by atoms with E-state index < -0.39 is 0 Å². The molecule has 1 heterocycles. The summed E-state index contributed by atoms with van der Waals surface area (Å²) in [6.07, 6.45) is 7.09. The molecule has 1 aromatic heterocycles. The summed E-state index contributed by atoms with van der Waals surface area (Å²) in [7, 11) is 0. The topological polar surface area (TPSA) is 4.93 Å². The number of allylic oxidation sites excluding steroid dienone is 3. The molecule has 0 radical (unpaired) electrons. The maximum Gasteiger partial charge on any atom is 0.0541 e. The summed E-state index contributed by atoms with van der Waals surface area (Å²) in [4.78, 5) is 0. The molecule has 4 aromatic carbocycles. The summed E-state index contributed by atoms with van der Waals surface area (Å²) < 4.78 is 2.39. The van der Waals surface area contributed by atoms with E-state index in [1.807, 2.05) is 41.5 Å². The molecule has 0 spiro atoms. The van der Waals surface area contributed by atoms with Gasteiger partial charge in [-0.15, -0.1) is 19.7 Å². The van der Waals surface area contributed by atoms with Gasteiger partial charge in [0, 0.05) is 22.4 Å². The summed E-state index contributed by atoms with van der Waals surface area (Å²) in [5.41, 5.74) is 13.2. The molecule has 0 bridgehead atoms. The van der Waals surface area contributed by atoms with Crippen LogP contribution in [0.1, 0.15) is 123 Å². The van der Waals surface area contributed by atoms with Crippen molar-refractivity contribution >= 4 is 27.4 Å². The van der Waals surface area contributed by atoms with Crippen LogP contribution in [0, 0.1) is 0 Å². The van der Waals surface area contributed by atoms with Gasteiger partial charge in [0.2, 0.25) is 0 Å². The Bertz CT molecular complexity index is 1810. The second-order valence-electron chi connectivity index (χ2n) is 12.9. The van der Waals surface area contributed by atoms with Gasteiger partial charge in [-0.1, -0.05) is 152 Å². The Hall–Kier alpha value is -4.62. The van der Waals surface area contributed by atoms with Gasteiger partial charge >= 0.3 is 0 Å². The smallest absolute Gasteiger partial charge is 0.0541 e. The molecule has 0 saturated carbocycles. The predicted octanol–water partition coefficient (Wildman–Crippen LogP) is 16.0. The van der Waals surface area contributed by atoms with E-state index in [1.54, 1.807) is 0 Å². The summed E-state index contributed by atoms with van der Waals surface area (Å²) in [5, 5.41) is 2.53. The molecule has 0 fully saturated rings. The molecule has 272 valence electrons. The van der Waals surface area contributed by atoms with E-state index in [9.17, 15) is 0 Å². The zero-order valence-corrected chi connectivity index (χ0v) is 33.7. The number of hydrogen-bond acceptors (Lipinski definition) is 0. The quantitative estimate of drug-likeness (QED) is 0.0912. The van der Waals surface area contributed by atoms with Crippen LogP contribution in [0.3, 0.4) is 0 Å². The monoisotopic (exact) mass is 682 g/mol. The Morgan fingerprint density at radius 3 is 1.73 bits per heavy atom. The lowest BCUT2D eigenvalue weighted by Crippen LogP contribution is -1.98. The summed E-state index contributed by atoms with van der Waals surface area (Å²) in [6.45, 7) is 41.2. The van der Waals surface area contributed by atoms with Crippen LogP contribution in [-0.4, -0.2) is 4.57 Å². The molecule has 1 nitrogen and oxygen atoms in total. The van der Waals surface area contributed by atoms with E-state index in [0.717, 1.165) is 29.5 Å². The number of fused-ring (bicyclic) bond motifs is 3. The number of rotatable bonds is 12. The van der Waals surface area contributed by atoms with Crippen LogP contribution in [0.25, 0.3) is 33.1 Å². The number of benzene rings is 4. The van der Waals surface area contributed by atoms with Crippen molar-refractivity contribution in [2.24, 2.45) is 0 Å². The van der Waals surface area contributed by atoms with E-state index in [0.29, 0.717) is 5.92 Å². The maximum atomic E-state index is 4.51. The first-order valence-corrected chi connectivity index (χ1v) is 19.0. The van der Waals surface area contributed by atoms with Gasteiger partial charge in [-0.05, 0) is 104 Å². The van der Waals surface area contributed by atoms with E-state index in [4.69, 9.17) is 0 Å². The van der Waals surface area contributed by atoms with Crippen LogP contribution >= 0.6 is 0 Å². The van der Waals surface area contributed by atoms with Crippen LogP contribution < -0.4 is 0 Å². The summed E-state index contributed by atoms with van der Waals surface area (Å²) >= 11 is 0. The van der Waals surface area contributed by atoms with Crippen molar-refractivity contribution in [3.8, 4) is 5.69 Å². The van der Waals surface area contributed by atoms with Crippen LogP contribution in [0.5, 0.6) is 0 Å². The van der Waals surface area contributed by atoms with Crippen molar-refractivity contribution in [1.29, 1.82) is 0 Å². The van der Waals surface area contributed by atoms with E-state index in [2.05, 4.69) is 156 Å². The lowest BCUT2D eigenvalue weighted by Gasteiger charge is -2.16. The number of unbranched alkanes of at least 4 members (excludes halogenated alkanes) is 3. The lowest BCUT2D eigenvalue weighted by atomic mass is 9.89. The third kappa shape index (κ3) is 12.9.